The molecular formula is C17H13ClF3N5. The van der Waals surface area contributed by atoms with Crippen LogP contribution in [0.3, 0.4) is 0 Å². The van der Waals surface area contributed by atoms with Gasteiger partial charge in [-0.05, 0) is 31.2 Å². The number of nitrogens with one attached hydrogen (secondary N) is 1. The lowest BCUT2D eigenvalue weighted by Gasteiger charge is -2.06. The Morgan fingerprint density at radius 3 is 2.50 bits per heavy atom. The fourth-order valence-corrected chi connectivity index (χ4v) is 2.51. The van der Waals surface area contributed by atoms with Crippen molar-refractivity contribution in [3.63, 3.8) is 0 Å². The van der Waals surface area contributed by atoms with Gasteiger partial charge in [0, 0.05) is 6.20 Å². The van der Waals surface area contributed by atoms with Crippen molar-refractivity contribution < 1.29 is 13.2 Å². The van der Waals surface area contributed by atoms with E-state index in [1.807, 2.05) is 30.3 Å². The Morgan fingerprint density at radius 1 is 1.15 bits per heavy atom. The van der Waals surface area contributed by atoms with Crippen LogP contribution in [-0.2, 0) is 6.18 Å². The molecule has 134 valence electrons. The van der Waals surface area contributed by atoms with Gasteiger partial charge in [-0.2, -0.15) is 23.4 Å². The molecule has 0 fully saturated rings. The smallest absolute Gasteiger partial charge is 0.261 e. The minimum absolute atomic E-state index is 0.179. The maximum atomic E-state index is 12.5. The number of halogens is 4. The molecule has 26 heavy (non-hydrogen) atoms. The van der Waals surface area contributed by atoms with Gasteiger partial charge in [0.15, 0.2) is 0 Å². The molecule has 0 radical (unpaired) electrons. The molecule has 0 unspecified atom stereocenters. The molecule has 2 heterocycles. The lowest BCUT2D eigenvalue weighted by molar-refractivity contribution is -0.137. The van der Waals surface area contributed by atoms with Gasteiger partial charge < -0.3 is 0 Å². The highest BCUT2D eigenvalue weighted by Crippen LogP contribution is 2.28. The van der Waals surface area contributed by atoms with Crippen molar-refractivity contribution >= 4 is 23.6 Å². The van der Waals surface area contributed by atoms with Crippen LogP contribution in [0.1, 0.15) is 16.8 Å². The summed E-state index contributed by atoms with van der Waals surface area (Å²) in [5.74, 6) is 0.179. The van der Waals surface area contributed by atoms with E-state index in [0.717, 1.165) is 18.0 Å². The van der Waals surface area contributed by atoms with Crippen LogP contribution in [0.5, 0.6) is 0 Å². The summed E-state index contributed by atoms with van der Waals surface area (Å²) in [6.45, 7) is 1.78. The molecule has 0 saturated carbocycles. The number of rotatable bonds is 4. The van der Waals surface area contributed by atoms with Crippen LogP contribution in [0, 0.1) is 6.92 Å². The predicted octanol–water partition coefficient (Wildman–Crippen LogP) is 4.69. The third kappa shape index (κ3) is 3.85. The van der Waals surface area contributed by atoms with E-state index in [9.17, 15) is 13.2 Å². The molecule has 3 aromatic rings. The minimum atomic E-state index is -4.43. The molecular weight excluding hydrogens is 367 g/mol. The SMILES string of the molecule is Cc1nn(-c2ccccc2)c(Cl)c1/C=N\Nc1ccc(C(F)(F)F)cn1. The Bertz CT molecular complexity index is 918. The van der Waals surface area contributed by atoms with E-state index in [1.165, 1.54) is 12.3 Å². The first kappa shape index (κ1) is 17.9. The zero-order chi connectivity index (χ0) is 18.7. The number of aromatic nitrogens is 3. The molecule has 9 heteroatoms. The normalized spacial score (nSPS) is 11.9. The highest BCUT2D eigenvalue weighted by molar-refractivity contribution is 6.32. The van der Waals surface area contributed by atoms with E-state index in [2.05, 4.69) is 20.6 Å². The number of benzene rings is 1. The Kier molecular flexibility index (Phi) is 4.94. The zero-order valence-corrected chi connectivity index (χ0v) is 14.3. The molecule has 0 amide bonds. The van der Waals surface area contributed by atoms with Gasteiger partial charge in [0.05, 0.1) is 28.7 Å². The fourth-order valence-electron chi connectivity index (χ4n) is 2.19. The highest BCUT2D eigenvalue weighted by Gasteiger charge is 2.30. The van der Waals surface area contributed by atoms with E-state index in [0.29, 0.717) is 16.4 Å². The molecule has 1 aromatic carbocycles. The first-order chi connectivity index (χ1) is 12.4. The molecule has 0 atom stereocenters. The standard InChI is InChI=1S/C17H13ClF3N5/c1-11-14(16(18)26(25-11)13-5-3-2-4-6-13)10-23-24-15-8-7-12(9-22-15)17(19,20)21/h2-10H,1H3,(H,22,24)/b23-10-. The second-order valence-corrected chi connectivity index (χ2v) is 5.70. The topological polar surface area (TPSA) is 55.1 Å². The Balaban J connectivity index is 1.76. The number of hydrogen-bond donors (Lipinski definition) is 1. The van der Waals surface area contributed by atoms with Crippen molar-refractivity contribution in [1.82, 2.24) is 14.8 Å². The average Bonchev–Trinajstić information content (AvgIpc) is 2.90. The molecule has 0 aliphatic heterocycles. The van der Waals surface area contributed by atoms with E-state index in [4.69, 9.17) is 11.6 Å². The number of anilines is 1. The quantitative estimate of drug-likeness (QED) is 0.528. The van der Waals surface area contributed by atoms with Crippen LogP contribution in [0.15, 0.2) is 53.8 Å². The Morgan fingerprint density at radius 2 is 1.88 bits per heavy atom. The van der Waals surface area contributed by atoms with Gasteiger partial charge in [-0.25, -0.2) is 9.67 Å². The number of hydrazone groups is 1. The zero-order valence-electron chi connectivity index (χ0n) is 13.5. The number of nitrogens with zero attached hydrogens (tertiary/aromatic N) is 4. The van der Waals surface area contributed by atoms with Gasteiger partial charge in [-0.15, -0.1) is 0 Å². The molecule has 3 rings (SSSR count). The second-order valence-electron chi connectivity index (χ2n) is 5.34. The fraction of sp³-hybridized carbons (Fsp3) is 0.118. The molecule has 0 saturated heterocycles. The molecule has 5 nitrogen and oxygen atoms in total. The van der Waals surface area contributed by atoms with Crippen LogP contribution in [0.25, 0.3) is 5.69 Å². The summed E-state index contributed by atoms with van der Waals surface area (Å²) in [6, 6.07) is 11.5. The molecule has 2 aromatic heterocycles. The van der Waals surface area contributed by atoms with E-state index < -0.39 is 11.7 Å². The van der Waals surface area contributed by atoms with Crippen molar-refractivity contribution in [3.8, 4) is 5.69 Å². The number of alkyl halides is 3. The van der Waals surface area contributed by atoms with Crippen LogP contribution in [-0.4, -0.2) is 21.0 Å². The molecule has 0 spiro atoms. The van der Waals surface area contributed by atoms with Crippen molar-refractivity contribution in [2.75, 3.05) is 5.43 Å². The first-order valence-corrected chi connectivity index (χ1v) is 7.87. The Labute approximate surface area is 152 Å². The van der Waals surface area contributed by atoms with Crippen molar-refractivity contribution in [1.29, 1.82) is 0 Å². The lowest BCUT2D eigenvalue weighted by Crippen LogP contribution is -2.05. The predicted molar refractivity (Wildman–Crippen MR) is 93.8 cm³/mol. The van der Waals surface area contributed by atoms with Gasteiger partial charge >= 0.3 is 6.18 Å². The third-order valence-corrected chi connectivity index (χ3v) is 3.88. The van der Waals surface area contributed by atoms with E-state index in [-0.39, 0.29) is 5.82 Å². The summed E-state index contributed by atoms with van der Waals surface area (Å²) in [5, 5.41) is 8.72. The number of hydrogen-bond acceptors (Lipinski definition) is 4. The molecule has 0 aliphatic carbocycles. The summed E-state index contributed by atoms with van der Waals surface area (Å²) in [6.07, 6.45) is -2.24. The maximum absolute atomic E-state index is 12.5. The molecule has 1 N–H and O–H groups in total. The first-order valence-electron chi connectivity index (χ1n) is 7.49. The number of aryl methyl sites for hydroxylation is 1. The number of para-hydroxylation sites is 1. The third-order valence-electron chi connectivity index (χ3n) is 3.51. The summed E-state index contributed by atoms with van der Waals surface area (Å²) in [4.78, 5) is 3.68. The van der Waals surface area contributed by atoms with Crippen LogP contribution < -0.4 is 5.43 Å². The van der Waals surface area contributed by atoms with Crippen molar-refractivity contribution in [2.24, 2.45) is 5.10 Å². The maximum Gasteiger partial charge on any atom is 0.417 e. The van der Waals surface area contributed by atoms with E-state index in [1.54, 1.807) is 11.6 Å². The average molecular weight is 380 g/mol. The van der Waals surface area contributed by atoms with E-state index >= 15 is 0 Å². The summed E-state index contributed by atoms with van der Waals surface area (Å²) >= 11 is 6.36. The van der Waals surface area contributed by atoms with Crippen LogP contribution in [0.4, 0.5) is 19.0 Å². The van der Waals surface area contributed by atoms with Crippen LogP contribution >= 0.6 is 11.6 Å². The van der Waals surface area contributed by atoms with Crippen molar-refractivity contribution in [2.45, 2.75) is 13.1 Å². The highest BCUT2D eigenvalue weighted by atomic mass is 35.5. The summed E-state index contributed by atoms with van der Waals surface area (Å²) in [7, 11) is 0. The number of pyridine rings is 1. The Hall–Kier alpha value is -2.87. The van der Waals surface area contributed by atoms with Crippen molar-refractivity contribution in [3.05, 3.63) is 70.6 Å². The van der Waals surface area contributed by atoms with Gasteiger partial charge in [0.1, 0.15) is 11.0 Å². The van der Waals surface area contributed by atoms with Gasteiger partial charge in [0.25, 0.3) is 0 Å². The monoisotopic (exact) mass is 379 g/mol. The minimum Gasteiger partial charge on any atom is -0.261 e. The summed E-state index contributed by atoms with van der Waals surface area (Å²) < 4.78 is 39.1. The largest absolute Gasteiger partial charge is 0.417 e. The molecule has 0 bridgehead atoms. The molecule has 0 aliphatic rings. The summed E-state index contributed by atoms with van der Waals surface area (Å²) in [5.41, 5.74) is 3.80. The lowest BCUT2D eigenvalue weighted by atomic mass is 10.3. The van der Waals surface area contributed by atoms with Gasteiger partial charge in [-0.3, -0.25) is 5.43 Å². The van der Waals surface area contributed by atoms with Crippen LogP contribution in [0.2, 0.25) is 5.15 Å². The van der Waals surface area contributed by atoms with Gasteiger partial charge in [0.2, 0.25) is 0 Å². The second kappa shape index (κ2) is 7.17. The van der Waals surface area contributed by atoms with Gasteiger partial charge in [-0.1, -0.05) is 29.8 Å².